The molecule has 1 aliphatic rings. The summed E-state index contributed by atoms with van der Waals surface area (Å²) in [7, 11) is 3.70. The predicted octanol–water partition coefficient (Wildman–Crippen LogP) is 2.83. The van der Waals surface area contributed by atoms with Crippen molar-refractivity contribution in [3.05, 3.63) is 48.2 Å². The highest BCUT2D eigenvalue weighted by atomic mass is 16.5. The number of aromatic nitrogens is 1. The van der Waals surface area contributed by atoms with E-state index < -0.39 is 0 Å². The Morgan fingerprint density at radius 1 is 1.21 bits per heavy atom. The fourth-order valence-electron chi connectivity index (χ4n) is 2.54. The first-order valence-corrected chi connectivity index (χ1v) is 6.60. The molecule has 0 saturated heterocycles. The van der Waals surface area contributed by atoms with Crippen molar-refractivity contribution in [2.24, 2.45) is 0 Å². The average molecular weight is 254 g/mol. The van der Waals surface area contributed by atoms with Crippen LogP contribution in [0.25, 0.3) is 11.3 Å². The van der Waals surface area contributed by atoms with E-state index in [1.165, 1.54) is 12.0 Å². The molecule has 3 nitrogen and oxygen atoms in total. The molecule has 1 aliphatic carbocycles. The molecule has 1 saturated carbocycles. The number of likely N-dealkylation sites (N-methyl/N-ethyl adjacent to an activating group) is 1. The Balaban J connectivity index is 1.86. The van der Waals surface area contributed by atoms with Crippen LogP contribution >= 0.6 is 0 Å². The fourth-order valence-corrected chi connectivity index (χ4v) is 2.54. The Bertz CT molecular complexity index is 565. The number of nitrogens with zero attached hydrogens (tertiary/aromatic N) is 1. The highest BCUT2D eigenvalue weighted by Crippen LogP contribution is 2.41. The zero-order valence-electron chi connectivity index (χ0n) is 11.3. The van der Waals surface area contributed by atoms with Gasteiger partial charge in [-0.15, -0.1) is 0 Å². The van der Waals surface area contributed by atoms with Crippen molar-refractivity contribution in [1.82, 2.24) is 10.3 Å². The third-order valence-corrected chi connectivity index (χ3v) is 3.76. The average Bonchev–Trinajstić information content (AvgIpc) is 3.27. The molecule has 98 valence electrons. The van der Waals surface area contributed by atoms with Gasteiger partial charge in [0.25, 0.3) is 0 Å². The first kappa shape index (κ1) is 12.2. The van der Waals surface area contributed by atoms with E-state index in [2.05, 4.69) is 34.6 Å². The molecule has 0 spiro atoms. The third kappa shape index (κ3) is 2.34. The molecule has 2 atom stereocenters. The summed E-state index contributed by atoms with van der Waals surface area (Å²) in [6.07, 6.45) is 3.03. The van der Waals surface area contributed by atoms with Crippen molar-refractivity contribution < 1.29 is 4.74 Å². The molecule has 1 heterocycles. The highest BCUT2D eigenvalue weighted by Gasteiger charge is 2.36. The van der Waals surface area contributed by atoms with Gasteiger partial charge in [0.2, 0.25) is 0 Å². The molecule has 19 heavy (non-hydrogen) atoms. The second-order valence-electron chi connectivity index (χ2n) is 4.91. The number of hydrogen-bond acceptors (Lipinski definition) is 3. The summed E-state index contributed by atoms with van der Waals surface area (Å²) in [6.45, 7) is 0. The molecule has 0 aliphatic heterocycles. The van der Waals surface area contributed by atoms with Crippen LogP contribution in [0, 0.1) is 0 Å². The molecule has 1 fully saturated rings. The normalized spacial score (nSPS) is 21.2. The van der Waals surface area contributed by atoms with E-state index in [1.54, 1.807) is 13.3 Å². The van der Waals surface area contributed by atoms with Crippen LogP contribution in [-0.2, 0) is 0 Å². The molecule has 0 bridgehead atoms. The molecular formula is C16H18N2O. The smallest absolute Gasteiger partial charge is 0.145 e. The maximum atomic E-state index is 5.35. The van der Waals surface area contributed by atoms with Gasteiger partial charge in [-0.3, -0.25) is 4.98 Å². The van der Waals surface area contributed by atoms with Crippen LogP contribution in [0.15, 0.2) is 42.6 Å². The van der Waals surface area contributed by atoms with Gasteiger partial charge in [0.1, 0.15) is 11.4 Å². The minimum Gasteiger partial charge on any atom is -0.494 e. The number of nitrogens with one attached hydrogen (secondary N) is 1. The summed E-state index contributed by atoms with van der Waals surface area (Å²) in [5, 5.41) is 3.32. The lowest BCUT2D eigenvalue weighted by Gasteiger charge is -2.08. The van der Waals surface area contributed by atoms with Gasteiger partial charge in [-0.25, -0.2) is 0 Å². The standard InChI is InChI=1S/C16H18N2O/c1-17-14-10-13(14)11-5-7-12(8-6-11)16-15(19-2)4-3-9-18-16/h3-9,13-14,17H,10H2,1-2H3/t13-,14+/m1/s1. The minimum absolute atomic E-state index is 0.648. The molecule has 1 N–H and O–H groups in total. The minimum atomic E-state index is 0.648. The van der Waals surface area contributed by atoms with E-state index in [0.29, 0.717) is 12.0 Å². The SMILES string of the molecule is CN[C@H]1C[C@@H]1c1ccc(-c2ncccc2OC)cc1. The predicted molar refractivity (Wildman–Crippen MR) is 76.4 cm³/mol. The topological polar surface area (TPSA) is 34.2 Å². The Labute approximate surface area is 113 Å². The Morgan fingerprint density at radius 3 is 2.63 bits per heavy atom. The van der Waals surface area contributed by atoms with Gasteiger partial charge in [-0.2, -0.15) is 0 Å². The quantitative estimate of drug-likeness (QED) is 0.911. The fraction of sp³-hybridized carbons (Fsp3) is 0.312. The maximum absolute atomic E-state index is 5.35. The second-order valence-corrected chi connectivity index (χ2v) is 4.91. The number of pyridine rings is 1. The van der Waals surface area contributed by atoms with Crippen molar-refractivity contribution in [3.63, 3.8) is 0 Å². The Hall–Kier alpha value is -1.87. The number of benzene rings is 1. The number of rotatable bonds is 4. The molecule has 0 radical (unpaired) electrons. The molecule has 1 aromatic carbocycles. The van der Waals surface area contributed by atoms with Gasteiger partial charge in [-0.1, -0.05) is 24.3 Å². The molecule has 2 aromatic rings. The van der Waals surface area contributed by atoms with Crippen LogP contribution in [0.1, 0.15) is 17.9 Å². The number of ether oxygens (including phenoxy) is 1. The van der Waals surface area contributed by atoms with Gasteiger partial charge in [0.05, 0.1) is 7.11 Å². The summed E-state index contributed by atoms with van der Waals surface area (Å²) in [5.41, 5.74) is 3.40. The molecule has 3 heteroatoms. The zero-order valence-corrected chi connectivity index (χ0v) is 11.3. The van der Waals surface area contributed by atoms with Crippen molar-refractivity contribution in [2.45, 2.75) is 18.4 Å². The van der Waals surface area contributed by atoms with Crippen LogP contribution in [-0.4, -0.2) is 25.2 Å². The van der Waals surface area contributed by atoms with Crippen molar-refractivity contribution in [3.8, 4) is 17.0 Å². The van der Waals surface area contributed by atoms with Crippen LogP contribution in [0.3, 0.4) is 0 Å². The van der Waals surface area contributed by atoms with E-state index in [0.717, 1.165) is 17.0 Å². The summed E-state index contributed by atoms with van der Waals surface area (Å²) in [4.78, 5) is 4.40. The summed E-state index contributed by atoms with van der Waals surface area (Å²) < 4.78 is 5.35. The molecule has 3 rings (SSSR count). The Morgan fingerprint density at radius 2 is 2.00 bits per heavy atom. The van der Waals surface area contributed by atoms with Crippen LogP contribution in [0.2, 0.25) is 0 Å². The van der Waals surface area contributed by atoms with Gasteiger partial charge >= 0.3 is 0 Å². The summed E-state index contributed by atoms with van der Waals surface area (Å²) in [5.74, 6) is 1.49. The largest absolute Gasteiger partial charge is 0.494 e. The van der Waals surface area contributed by atoms with Crippen LogP contribution in [0.5, 0.6) is 5.75 Å². The van der Waals surface area contributed by atoms with Crippen LogP contribution in [0.4, 0.5) is 0 Å². The van der Waals surface area contributed by atoms with E-state index in [4.69, 9.17) is 4.74 Å². The van der Waals surface area contributed by atoms with E-state index in [-0.39, 0.29) is 0 Å². The van der Waals surface area contributed by atoms with Crippen molar-refractivity contribution in [2.75, 3.05) is 14.2 Å². The van der Waals surface area contributed by atoms with Gasteiger partial charge in [0, 0.05) is 23.7 Å². The lowest BCUT2D eigenvalue weighted by molar-refractivity contribution is 0.415. The van der Waals surface area contributed by atoms with Gasteiger partial charge in [-0.05, 0) is 31.2 Å². The van der Waals surface area contributed by atoms with Crippen molar-refractivity contribution >= 4 is 0 Å². The number of hydrogen-bond donors (Lipinski definition) is 1. The first-order chi connectivity index (χ1) is 9.33. The number of methoxy groups -OCH3 is 1. The monoisotopic (exact) mass is 254 g/mol. The van der Waals surface area contributed by atoms with E-state index in [1.807, 2.05) is 19.2 Å². The Kier molecular flexibility index (Phi) is 3.22. The van der Waals surface area contributed by atoms with Crippen LogP contribution < -0.4 is 10.1 Å². The van der Waals surface area contributed by atoms with E-state index >= 15 is 0 Å². The third-order valence-electron chi connectivity index (χ3n) is 3.76. The van der Waals surface area contributed by atoms with Gasteiger partial charge in [0.15, 0.2) is 0 Å². The molecule has 0 unspecified atom stereocenters. The zero-order chi connectivity index (χ0) is 13.2. The van der Waals surface area contributed by atoms with E-state index in [9.17, 15) is 0 Å². The van der Waals surface area contributed by atoms with Gasteiger partial charge < -0.3 is 10.1 Å². The second kappa shape index (κ2) is 5.02. The summed E-state index contributed by atoms with van der Waals surface area (Å²) in [6, 6.07) is 13.1. The molecular weight excluding hydrogens is 236 g/mol. The molecule has 1 aromatic heterocycles. The van der Waals surface area contributed by atoms with Crippen molar-refractivity contribution in [1.29, 1.82) is 0 Å². The molecule has 0 amide bonds. The first-order valence-electron chi connectivity index (χ1n) is 6.60. The highest BCUT2D eigenvalue weighted by molar-refractivity contribution is 5.66. The lowest BCUT2D eigenvalue weighted by Crippen LogP contribution is -2.10. The lowest BCUT2D eigenvalue weighted by atomic mass is 10.0. The maximum Gasteiger partial charge on any atom is 0.145 e. The summed E-state index contributed by atoms with van der Waals surface area (Å²) >= 11 is 0.